The van der Waals surface area contributed by atoms with Gasteiger partial charge in [-0.1, -0.05) is 6.08 Å². The van der Waals surface area contributed by atoms with Gasteiger partial charge in [-0.3, -0.25) is 4.79 Å². The number of carbonyl (C=O) groups is 1. The van der Waals surface area contributed by atoms with Crippen LogP contribution in [-0.2, 0) is 4.79 Å². The van der Waals surface area contributed by atoms with Crippen molar-refractivity contribution in [1.82, 2.24) is 9.80 Å². The van der Waals surface area contributed by atoms with Gasteiger partial charge in [0.15, 0.2) is 5.78 Å². The molecule has 1 unspecified atom stereocenters. The average molecular weight is 229 g/mol. The standard InChI is InChI=1S/C13H15N3O/c17-11-5-1-4-10-12(11)9-3-2-6-15-7-8-16(10)13(15)14-9/h1,4,9H,2-3,5-8H2. The van der Waals surface area contributed by atoms with Gasteiger partial charge in [-0.15, -0.1) is 0 Å². The fourth-order valence-corrected chi connectivity index (χ4v) is 3.28. The van der Waals surface area contributed by atoms with Gasteiger partial charge in [-0.2, -0.15) is 0 Å². The molecule has 4 nitrogen and oxygen atoms in total. The third-order valence-electron chi connectivity index (χ3n) is 4.07. The molecule has 1 aliphatic carbocycles. The summed E-state index contributed by atoms with van der Waals surface area (Å²) in [6.07, 6.45) is 6.82. The predicted molar refractivity (Wildman–Crippen MR) is 64.5 cm³/mol. The number of hydrogen-bond donors (Lipinski definition) is 0. The molecule has 0 spiro atoms. The molecular formula is C13H15N3O. The monoisotopic (exact) mass is 229 g/mol. The summed E-state index contributed by atoms with van der Waals surface area (Å²) < 4.78 is 0. The van der Waals surface area contributed by atoms with Crippen LogP contribution in [0.15, 0.2) is 28.4 Å². The molecule has 0 saturated carbocycles. The van der Waals surface area contributed by atoms with Crippen LogP contribution >= 0.6 is 0 Å². The summed E-state index contributed by atoms with van der Waals surface area (Å²) in [5.41, 5.74) is 2.10. The van der Waals surface area contributed by atoms with Crippen LogP contribution in [0.5, 0.6) is 0 Å². The molecule has 0 amide bonds. The largest absolute Gasteiger partial charge is 0.341 e. The normalized spacial score (nSPS) is 30.5. The first-order valence-electron chi connectivity index (χ1n) is 6.39. The lowest BCUT2D eigenvalue weighted by atomic mass is 9.90. The number of fused-ring (bicyclic) bond motifs is 3. The summed E-state index contributed by atoms with van der Waals surface area (Å²) >= 11 is 0. The summed E-state index contributed by atoms with van der Waals surface area (Å²) in [4.78, 5) is 21.5. The number of carbonyl (C=O) groups excluding carboxylic acids is 1. The van der Waals surface area contributed by atoms with Crippen molar-refractivity contribution in [1.29, 1.82) is 0 Å². The van der Waals surface area contributed by atoms with E-state index in [2.05, 4.69) is 15.9 Å². The topological polar surface area (TPSA) is 35.9 Å². The van der Waals surface area contributed by atoms with E-state index < -0.39 is 0 Å². The Morgan fingerprint density at radius 1 is 1.29 bits per heavy atom. The van der Waals surface area contributed by atoms with Crippen molar-refractivity contribution in [2.24, 2.45) is 4.99 Å². The molecular weight excluding hydrogens is 214 g/mol. The Balaban J connectivity index is 1.88. The molecule has 3 aliphatic heterocycles. The maximum atomic E-state index is 12.1. The van der Waals surface area contributed by atoms with E-state index in [1.54, 1.807) is 0 Å². The Bertz CT molecular complexity index is 489. The highest BCUT2D eigenvalue weighted by Crippen LogP contribution is 2.35. The van der Waals surface area contributed by atoms with Crippen LogP contribution < -0.4 is 0 Å². The molecule has 1 fully saturated rings. The minimum absolute atomic E-state index is 0.122. The van der Waals surface area contributed by atoms with Gasteiger partial charge in [0, 0.05) is 31.6 Å². The molecule has 4 heteroatoms. The Labute approximate surface area is 100 Å². The van der Waals surface area contributed by atoms with Gasteiger partial charge in [0.1, 0.15) is 0 Å². The zero-order chi connectivity index (χ0) is 11.4. The van der Waals surface area contributed by atoms with Gasteiger partial charge in [0.2, 0.25) is 5.96 Å². The van der Waals surface area contributed by atoms with Crippen molar-refractivity contribution < 1.29 is 4.79 Å². The van der Waals surface area contributed by atoms with Crippen LogP contribution in [0.3, 0.4) is 0 Å². The smallest absolute Gasteiger partial charge is 0.201 e. The Kier molecular flexibility index (Phi) is 1.79. The number of rotatable bonds is 0. The SMILES string of the molecule is O=C1CC=CC2=C1C1CCCN3CCN2C3=N1. The Morgan fingerprint density at radius 3 is 3.18 bits per heavy atom. The van der Waals surface area contributed by atoms with Gasteiger partial charge in [0.25, 0.3) is 0 Å². The summed E-state index contributed by atoms with van der Waals surface area (Å²) in [7, 11) is 0. The predicted octanol–water partition coefficient (Wildman–Crippen LogP) is 0.919. The number of hydrogen-bond acceptors (Lipinski definition) is 4. The van der Waals surface area contributed by atoms with Crippen LogP contribution in [0.2, 0.25) is 0 Å². The fraction of sp³-hybridized carbons (Fsp3) is 0.538. The minimum Gasteiger partial charge on any atom is -0.341 e. The molecule has 17 heavy (non-hydrogen) atoms. The molecule has 2 bridgehead atoms. The van der Waals surface area contributed by atoms with E-state index in [0.29, 0.717) is 6.42 Å². The zero-order valence-electron chi connectivity index (χ0n) is 9.72. The first-order chi connectivity index (χ1) is 8.34. The number of nitrogens with zero attached hydrogens (tertiary/aromatic N) is 3. The van der Waals surface area contributed by atoms with E-state index in [9.17, 15) is 4.79 Å². The average Bonchev–Trinajstić information content (AvgIpc) is 2.66. The van der Waals surface area contributed by atoms with Crippen molar-refractivity contribution in [3.8, 4) is 0 Å². The van der Waals surface area contributed by atoms with Crippen molar-refractivity contribution in [2.45, 2.75) is 25.3 Å². The van der Waals surface area contributed by atoms with Crippen molar-refractivity contribution in [3.05, 3.63) is 23.4 Å². The third kappa shape index (κ3) is 1.18. The number of allylic oxidation sites excluding steroid dienone is 2. The fourth-order valence-electron chi connectivity index (χ4n) is 3.28. The number of aliphatic imine (C=N–C) groups is 1. The van der Waals surface area contributed by atoms with Gasteiger partial charge in [-0.25, -0.2) is 4.99 Å². The van der Waals surface area contributed by atoms with Crippen molar-refractivity contribution in [2.75, 3.05) is 19.6 Å². The number of ketones is 1. The number of guanidine groups is 1. The first-order valence-corrected chi connectivity index (χ1v) is 6.39. The van der Waals surface area contributed by atoms with E-state index in [4.69, 9.17) is 4.99 Å². The van der Waals surface area contributed by atoms with E-state index in [-0.39, 0.29) is 11.8 Å². The zero-order valence-corrected chi connectivity index (χ0v) is 9.72. The molecule has 1 saturated heterocycles. The van der Waals surface area contributed by atoms with Gasteiger partial charge >= 0.3 is 0 Å². The molecule has 0 aromatic carbocycles. The quantitative estimate of drug-likeness (QED) is 0.619. The second kappa shape index (κ2) is 3.22. The third-order valence-corrected chi connectivity index (χ3v) is 4.07. The maximum Gasteiger partial charge on any atom is 0.201 e. The lowest BCUT2D eigenvalue weighted by Gasteiger charge is -2.32. The molecule has 0 aromatic rings. The number of Topliss-reactive ketones (excluding diaryl/α,β-unsaturated/α-hetero) is 1. The molecule has 88 valence electrons. The molecule has 0 radical (unpaired) electrons. The maximum absolute atomic E-state index is 12.1. The van der Waals surface area contributed by atoms with Gasteiger partial charge < -0.3 is 9.80 Å². The molecule has 1 atom stereocenters. The molecule has 4 rings (SSSR count). The Morgan fingerprint density at radius 2 is 2.24 bits per heavy atom. The summed E-state index contributed by atoms with van der Waals surface area (Å²) in [6, 6.07) is 0.122. The van der Waals surface area contributed by atoms with Crippen LogP contribution in [0.25, 0.3) is 0 Å². The van der Waals surface area contributed by atoms with Crippen molar-refractivity contribution in [3.63, 3.8) is 0 Å². The van der Waals surface area contributed by atoms with Crippen LogP contribution in [0.4, 0.5) is 0 Å². The Hall–Kier alpha value is -1.58. The van der Waals surface area contributed by atoms with Gasteiger partial charge in [0.05, 0.1) is 11.7 Å². The van der Waals surface area contributed by atoms with Crippen molar-refractivity contribution >= 4 is 11.7 Å². The van der Waals surface area contributed by atoms with E-state index in [1.165, 1.54) is 0 Å². The molecule has 4 aliphatic rings. The lowest BCUT2D eigenvalue weighted by molar-refractivity contribution is -0.115. The summed E-state index contributed by atoms with van der Waals surface area (Å²) in [6.45, 7) is 3.11. The highest BCUT2D eigenvalue weighted by atomic mass is 16.1. The highest BCUT2D eigenvalue weighted by Gasteiger charge is 2.40. The first kappa shape index (κ1) is 9.45. The summed E-state index contributed by atoms with van der Waals surface area (Å²) in [5.74, 6) is 1.38. The van der Waals surface area contributed by atoms with Gasteiger partial charge in [-0.05, 0) is 18.9 Å². The van der Waals surface area contributed by atoms with E-state index in [0.717, 1.165) is 49.7 Å². The molecule has 3 heterocycles. The molecule has 0 aromatic heterocycles. The minimum atomic E-state index is 0.122. The lowest BCUT2D eigenvalue weighted by Crippen LogP contribution is -2.39. The second-order valence-electron chi connectivity index (χ2n) is 5.05. The van der Waals surface area contributed by atoms with Crippen LogP contribution in [0, 0.1) is 0 Å². The van der Waals surface area contributed by atoms with Crippen LogP contribution in [0.1, 0.15) is 19.3 Å². The molecule has 0 N–H and O–H groups in total. The summed E-state index contributed by atoms with van der Waals surface area (Å²) in [5, 5.41) is 0. The van der Waals surface area contributed by atoms with Crippen LogP contribution in [-0.4, -0.2) is 47.2 Å². The second-order valence-corrected chi connectivity index (χ2v) is 5.05. The van der Waals surface area contributed by atoms with E-state index >= 15 is 0 Å². The van der Waals surface area contributed by atoms with E-state index in [1.807, 2.05) is 6.08 Å². The highest BCUT2D eigenvalue weighted by molar-refractivity contribution is 6.02.